The largest absolute Gasteiger partial charge is 0.494 e. The third kappa shape index (κ3) is 9.62. The Morgan fingerprint density at radius 3 is 2.47 bits per heavy atom. The Morgan fingerprint density at radius 2 is 2.07 bits per heavy atom. The molecule has 0 aromatic rings. The van der Waals surface area contributed by atoms with Gasteiger partial charge in [0.05, 0.1) is 6.61 Å². The number of ether oxygens (including phenoxy) is 1. The van der Waals surface area contributed by atoms with Crippen LogP contribution in [0.25, 0.3) is 0 Å². The summed E-state index contributed by atoms with van der Waals surface area (Å²) in [6, 6.07) is 0. The van der Waals surface area contributed by atoms with E-state index in [2.05, 4.69) is 28.8 Å². The van der Waals surface area contributed by atoms with Gasteiger partial charge in [-0.2, -0.15) is 0 Å². The van der Waals surface area contributed by atoms with Crippen LogP contribution in [0.5, 0.6) is 0 Å². The molecule has 0 N–H and O–H groups in total. The van der Waals surface area contributed by atoms with Crippen molar-refractivity contribution in [3.63, 3.8) is 0 Å². The summed E-state index contributed by atoms with van der Waals surface area (Å²) in [5.41, 5.74) is 1.14. The first-order valence-corrected chi connectivity index (χ1v) is 6.62. The summed E-state index contributed by atoms with van der Waals surface area (Å²) in [5, 5.41) is 0. The maximum atomic E-state index is 5.54. The van der Waals surface area contributed by atoms with Crippen LogP contribution in [0, 0.1) is 12.3 Å². The number of terminal acetylenes is 1. The predicted octanol–water partition coefficient (Wildman–Crippen LogP) is 4.30. The third-order valence-corrected chi connectivity index (χ3v) is 1.69. The second kappa shape index (κ2) is 13.3. The lowest BCUT2D eigenvalue weighted by atomic mass is 10.2. The number of allylic oxidation sites excluding steroid dienone is 3. The van der Waals surface area contributed by atoms with Crippen LogP contribution < -0.4 is 0 Å². The van der Waals surface area contributed by atoms with E-state index >= 15 is 0 Å². The molecule has 0 aromatic heterocycles. The van der Waals surface area contributed by atoms with Gasteiger partial charge in [0.2, 0.25) is 0 Å². The standard InChI is InChI=1S/C12H18O.CH3Br/c1-5-8-9-12(11(4)7-3)13-10-6-2;1-2/h1,7,9H,6,8,10H2,2-4H3;1H3/b11-7-,12-9+;. The zero-order chi connectivity index (χ0) is 12.1. The minimum Gasteiger partial charge on any atom is -0.494 e. The average Bonchev–Trinajstić information content (AvgIpc) is 2.31. The quantitative estimate of drug-likeness (QED) is 0.314. The van der Waals surface area contributed by atoms with Crippen molar-refractivity contribution in [2.24, 2.45) is 0 Å². The number of halogens is 1. The van der Waals surface area contributed by atoms with Crippen LogP contribution in [0.2, 0.25) is 0 Å². The van der Waals surface area contributed by atoms with Gasteiger partial charge in [0.25, 0.3) is 0 Å². The van der Waals surface area contributed by atoms with E-state index in [0.717, 1.165) is 24.4 Å². The van der Waals surface area contributed by atoms with E-state index in [4.69, 9.17) is 11.2 Å². The molecule has 2 heteroatoms. The zero-order valence-electron chi connectivity index (χ0n) is 10.1. The van der Waals surface area contributed by atoms with E-state index in [1.54, 1.807) is 0 Å². The van der Waals surface area contributed by atoms with Gasteiger partial charge in [-0.1, -0.05) is 28.9 Å². The maximum absolute atomic E-state index is 5.54. The molecule has 0 amide bonds. The summed E-state index contributed by atoms with van der Waals surface area (Å²) in [4.78, 5) is 0. The summed E-state index contributed by atoms with van der Waals surface area (Å²) in [6.45, 7) is 6.86. The minimum absolute atomic E-state index is 0.629. The van der Waals surface area contributed by atoms with Crippen LogP contribution in [0.15, 0.2) is 23.5 Å². The van der Waals surface area contributed by atoms with Crippen LogP contribution in [0.1, 0.15) is 33.6 Å². The molecular formula is C13H21BrO. The molecule has 0 aliphatic rings. The average molecular weight is 273 g/mol. The molecule has 0 spiro atoms. The Kier molecular flexibility index (Phi) is 14.9. The first-order chi connectivity index (χ1) is 7.26. The van der Waals surface area contributed by atoms with Crippen molar-refractivity contribution in [3.8, 4) is 12.3 Å². The van der Waals surface area contributed by atoms with Crippen molar-refractivity contribution in [2.45, 2.75) is 33.6 Å². The molecule has 0 aliphatic heterocycles. The first-order valence-electron chi connectivity index (χ1n) is 5.03. The third-order valence-electron chi connectivity index (χ3n) is 1.69. The molecule has 0 rings (SSSR count). The molecule has 0 aliphatic carbocycles. The molecule has 0 saturated heterocycles. The molecule has 1 nitrogen and oxygen atoms in total. The first kappa shape index (κ1) is 16.7. The van der Waals surface area contributed by atoms with Gasteiger partial charge in [-0.05, 0) is 37.8 Å². The fraction of sp³-hybridized carbons (Fsp3) is 0.538. The monoisotopic (exact) mass is 272 g/mol. The normalized spacial score (nSPS) is 11.2. The summed E-state index contributed by atoms with van der Waals surface area (Å²) in [5.74, 6) is 5.30. The lowest BCUT2D eigenvalue weighted by Crippen LogP contribution is -1.95. The van der Waals surface area contributed by atoms with Gasteiger partial charge in [-0.25, -0.2) is 0 Å². The molecule has 0 heterocycles. The minimum atomic E-state index is 0.629. The molecule has 0 fully saturated rings. The fourth-order valence-corrected chi connectivity index (χ4v) is 0.840. The van der Waals surface area contributed by atoms with Crippen molar-refractivity contribution in [1.29, 1.82) is 0 Å². The molecule has 86 valence electrons. The van der Waals surface area contributed by atoms with Gasteiger partial charge >= 0.3 is 0 Å². The highest BCUT2D eigenvalue weighted by atomic mass is 79.9. The Labute approximate surface area is 103 Å². The lowest BCUT2D eigenvalue weighted by molar-refractivity contribution is 0.219. The van der Waals surface area contributed by atoms with Crippen LogP contribution in [0.3, 0.4) is 0 Å². The van der Waals surface area contributed by atoms with Crippen molar-refractivity contribution in [3.05, 3.63) is 23.5 Å². The molecule has 0 radical (unpaired) electrons. The van der Waals surface area contributed by atoms with E-state index in [1.807, 2.05) is 31.8 Å². The van der Waals surface area contributed by atoms with Crippen molar-refractivity contribution in [1.82, 2.24) is 0 Å². The molecule has 15 heavy (non-hydrogen) atoms. The highest BCUT2D eigenvalue weighted by Gasteiger charge is 1.98. The fourth-order valence-electron chi connectivity index (χ4n) is 0.840. The van der Waals surface area contributed by atoms with Crippen molar-refractivity contribution in [2.75, 3.05) is 12.4 Å². The molecule has 0 saturated carbocycles. The van der Waals surface area contributed by atoms with E-state index < -0.39 is 0 Å². The van der Waals surface area contributed by atoms with Gasteiger partial charge in [-0.15, -0.1) is 12.3 Å². The molecular weight excluding hydrogens is 252 g/mol. The molecule has 0 bridgehead atoms. The molecule has 0 aromatic carbocycles. The van der Waals surface area contributed by atoms with Crippen LogP contribution in [-0.2, 0) is 4.74 Å². The summed E-state index contributed by atoms with van der Waals surface area (Å²) in [7, 11) is 0. The number of hydrogen-bond acceptors (Lipinski definition) is 1. The van der Waals surface area contributed by atoms with Crippen LogP contribution in [-0.4, -0.2) is 12.4 Å². The highest BCUT2D eigenvalue weighted by molar-refractivity contribution is 9.08. The number of rotatable bonds is 5. The Hall–Kier alpha value is -0.680. The predicted molar refractivity (Wildman–Crippen MR) is 72.1 cm³/mol. The number of hydrogen-bond donors (Lipinski definition) is 0. The number of alkyl halides is 1. The summed E-state index contributed by atoms with van der Waals surface area (Å²) < 4.78 is 5.54. The topological polar surface area (TPSA) is 9.23 Å². The smallest absolute Gasteiger partial charge is 0.118 e. The maximum Gasteiger partial charge on any atom is 0.118 e. The second-order valence-corrected chi connectivity index (χ2v) is 2.80. The van der Waals surface area contributed by atoms with Crippen molar-refractivity contribution < 1.29 is 4.74 Å². The summed E-state index contributed by atoms with van der Waals surface area (Å²) >= 11 is 2.94. The van der Waals surface area contributed by atoms with E-state index in [1.165, 1.54) is 0 Å². The zero-order valence-corrected chi connectivity index (χ0v) is 11.7. The van der Waals surface area contributed by atoms with Gasteiger partial charge in [0, 0.05) is 6.42 Å². The van der Waals surface area contributed by atoms with Crippen LogP contribution >= 0.6 is 15.9 Å². The lowest BCUT2D eigenvalue weighted by Gasteiger charge is -2.09. The highest BCUT2D eigenvalue weighted by Crippen LogP contribution is 2.11. The van der Waals surface area contributed by atoms with Gasteiger partial charge in [0.15, 0.2) is 0 Å². The van der Waals surface area contributed by atoms with Crippen molar-refractivity contribution >= 4 is 15.9 Å². The van der Waals surface area contributed by atoms with Crippen LogP contribution in [0.4, 0.5) is 0 Å². The Bertz CT molecular complexity index is 233. The van der Waals surface area contributed by atoms with Gasteiger partial charge in [-0.3, -0.25) is 0 Å². The molecule has 0 unspecified atom stereocenters. The van der Waals surface area contributed by atoms with Gasteiger partial charge in [0.1, 0.15) is 5.76 Å². The Morgan fingerprint density at radius 1 is 1.47 bits per heavy atom. The van der Waals surface area contributed by atoms with E-state index in [0.29, 0.717) is 6.42 Å². The summed E-state index contributed by atoms with van der Waals surface area (Å²) in [6.07, 6.45) is 10.8. The molecule has 0 atom stereocenters. The Balaban J connectivity index is 0. The van der Waals surface area contributed by atoms with E-state index in [9.17, 15) is 0 Å². The second-order valence-electron chi connectivity index (χ2n) is 2.80. The van der Waals surface area contributed by atoms with E-state index in [-0.39, 0.29) is 0 Å². The van der Waals surface area contributed by atoms with Gasteiger partial charge < -0.3 is 4.74 Å². The SMILES string of the molecule is C#CC/C=C(OCCC)\C(C)=C/C.CBr.